The fraction of sp³-hybridized carbons (Fsp3) is 0.429. The van der Waals surface area contributed by atoms with Crippen molar-refractivity contribution in [2.24, 2.45) is 0 Å². The van der Waals surface area contributed by atoms with Crippen molar-refractivity contribution < 1.29 is 9.32 Å². The molecule has 0 atom stereocenters. The monoisotopic (exact) mass is 186 g/mol. The van der Waals surface area contributed by atoms with E-state index in [1.54, 1.807) is 0 Å². The molecule has 4 nitrogen and oxygen atoms in total. The molecule has 1 heterocycles. The maximum atomic E-state index is 11.2. The predicted octanol–water partition coefficient (Wildman–Crippen LogP) is 1.54. The summed E-state index contributed by atoms with van der Waals surface area (Å²) in [4.78, 5) is 11.2. The van der Waals surface area contributed by atoms with Crippen molar-refractivity contribution in [1.29, 1.82) is 0 Å². The van der Waals surface area contributed by atoms with E-state index in [0.29, 0.717) is 0 Å². The third-order valence-corrected chi connectivity index (χ3v) is 1.96. The lowest BCUT2D eigenvalue weighted by molar-refractivity contribution is 0.105. The molecule has 1 rings (SSSR count). The van der Waals surface area contributed by atoms with Gasteiger partial charge in [-0.3, -0.25) is 4.79 Å². The van der Waals surface area contributed by atoms with E-state index in [0.717, 1.165) is 0 Å². The number of nitrogens with two attached hydrogens (primary N) is 1. The highest BCUT2D eigenvalue weighted by molar-refractivity contribution is 8.14. The molecule has 66 valence electrons. The summed E-state index contributed by atoms with van der Waals surface area (Å²) in [6.07, 6.45) is 0. The number of nitrogens with zero attached hydrogens (tertiary/aromatic N) is 1. The topological polar surface area (TPSA) is 69.1 Å². The summed E-state index contributed by atoms with van der Waals surface area (Å²) in [5.74, 6) is 0.453. The molecule has 0 bridgehead atoms. The molecule has 0 aliphatic heterocycles. The molecular weight excluding hydrogens is 176 g/mol. The largest absolute Gasteiger partial charge is 0.381 e. The molecule has 0 amide bonds. The maximum Gasteiger partial charge on any atom is 0.257 e. The average Bonchev–Trinajstić information content (AvgIpc) is 2.34. The van der Waals surface area contributed by atoms with Gasteiger partial charge in [-0.2, -0.15) is 0 Å². The molecule has 0 radical (unpaired) electrons. The van der Waals surface area contributed by atoms with E-state index < -0.39 is 0 Å². The van der Waals surface area contributed by atoms with E-state index in [1.165, 1.54) is 17.8 Å². The summed E-state index contributed by atoms with van der Waals surface area (Å²) in [6.45, 7) is 3.87. The van der Waals surface area contributed by atoms with Gasteiger partial charge >= 0.3 is 0 Å². The molecule has 1 aromatic heterocycles. The Hall–Kier alpha value is -0.970. The zero-order chi connectivity index (χ0) is 9.14. The molecule has 0 aromatic carbocycles. The van der Waals surface area contributed by atoms with E-state index >= 15 is 0 Å². The van der Waals surface area contributed by atoms with Crippen LogP contribution in [0.4, 0.5) is 5.82 Å². The molecule has 0 saturated carbocycles. The molecule has 1 aromatic rings. The number of carbonyl (C=O) groups excluding carboxylic acids is 1. The first-order valence-electron chi connectivity index (χ1n) is 3.52. The Morgan fingerprint density at radius 2 is 2.42 bits per heavy atom. The van der Waals surface area contributed by atoms with Crippen molar-refractivity contribution in [3.8, 4) is 0 Å². The Kier molecular flexibility index (Phi) is 2.75. The minimum atomic E-state index is -0.130. The Bertz CT molecular complexity index is 283. The summed E-state index contributed by atoms with van der Waals surface area (Å²) in [5.41, 5.74) is 5.28. The van der Waals surface area contributed by atoms with Gasteiger partial charge in [-0.15, -0.1) is 0 Å². The SMILES string of the molecule is CC(C)SC(=O)c1cc(N)no1. The minimum Gasteiger partial charge on any atom is -0.381 e. The van der Waals surface area contributed by atoms with Gasteiger partial charge < -0.3 is 10.3 Å². The summed E-state index contributed by atoms with van der Waals surface area (Å²) < 4.78 is 4.68. The molecule has 2 N–H and O–H groups in total. The Morgan fingerprint density at radius 1 is 1.75 bits per heavy atom. The fourth-order valence-corrected chi connectivity index (χ4v) is 1.30. The summed E-state index contributed by atoms with van der Waals surface area (Å²) >= 11 is 1.19. The molecule has 12 heavy (non-hydrogen) atoms. The van der Waals surface area contributed by atoms with Crippen molar-refractivity contribution in [3.63, 3.8) is 0 Å². The van der Waals surface area contributed by atoms with Gasteiger partial charge in [-0.05, 0) is 0 Å². The molecule has 0 unspecified atom stereocenters. The first-order valence-corrected chi connectivity index (χ1v) is 4.40. The second-order valence-electron chi connectivity index (χ2n) is 2.57. The van der Waals surface area contributed by atoms with Crippen LogP contribution in [0.3, 0.4) is 0 Å². The lowest BCUT2D eigenvalue weighted by atomic mass is 10.5. The highest BCUT2D eigenvalue weighted by Gasteiger charge is 2.13. The number of rotatable bonds is 2. The maximum absolute atomic E-state index is 11.2. The number of aromatic nitrogens is 1. The zero-order valence-corrected chi connectivity index (χ0v) is 7.72. The van der Waals surface area contributed by atoms with Gasteiger partial charge in [0.05, 0.1) is 0 Å². The highest BCUT2D eigenvalue weighted by atomic mass is 32.2. The highest BCUT2D eigenvalue weighted by Crippen LogP contribution is 2.18. The number of thioether (sulfide) groups is 1. The fourth-order valence-electron chi connectivity index (χ4n) is 0.657. The molecule has 5 heteroatoms. The number of anilines is 1. The van der Waals surface area contributed by atoms with E-state index in [-0.39, 0.29) is 21.9 Å². The van der Waals surface area contributed by atoms with Crippen molar-refractivity contribution in [2.45, 2.75) is 19.1 Å². The van der Waals surface area contributed by atoms with E-state index in [9.17, 15) is 4.79 Å². The van der Waals surface area contributed by atoms with Crippen molar-refractivity contribution >= 4 is 22.7 Å². The van der Waals surface area contributed by atoms with Gasteiger partial charge in [0, 0.05) is 11.3 Å². The van der Waals surface area contributed by atoms with Crippen LogP contribution in [-0.2, 0) is 0 Å². The van der Waals surface area contributed by atoms with Crippen LogP contribution in [0.5, 0.6) is 0 Å². The summed E-state index contributed by atoms with van der Waals surface area (Å²) in [6, 6.07) is 1.43. The van der Waals surface area contributed by atoms with Gasteiger partial charge in [-0.1, -0.05) is 30.8 Å². The van der Waals surface area contributed by atoms with Crippen LogP contribution in [0, 0.1) is 0 Å². The first kappa shape index (κ1) is 9.12. The first-order chi connectivity index (χ1) is 5.59. The second-order valence-corrected chi connectivity index (χ2v) is 4.12. The molecular formula is C7H10N2O2S. The molecule has 0 fully saturated rings. The lowest BCUT2D eigenvalue weighted by Gasteiger charge is -1.98. The van der Waals surface area contributed by atoms with Gasteiger partial charge in [0.1, 0.15) is 0 Å². The minimum absolute atomic E-state index is 0.130. The van der Waals surface area contributed by atoms with Crippen molar-refractivity contribution in [3.05, 3.63) is 11.8 Å². The van der Waals surface area contributed by atoms with Crippen LogP contribution in [0.1, 0.15) is 24.4 Å². The van der Waals surface area contributed by atoms with Gasteiger partial charge in [0.2, 0.25) is 5.76 Å². The van der Waals surface area contributed by atoms with E-state index in [1.807, 2.05) is 13.8 Å². The van der Waals surface area contributed by atoms with Crippen LogP contribution >= 0.6 is 11.8 Å². The molecule has 0 saturated heterocycles. The van der Waals surface area contributed by atoms with Crippen LogP contribution < -0.4 is 5.73 Å². The number of nitrogen functional groups attached to an aromatic ring is 1. The molecule has 0 aliphatic carbocycles. The Labute approximate surface area is 74.5 Å². The van der Waals surface area contributed by atoms with Crippen LogP contribution in [0.25, 0.3) is 0 Å². The van der Waals surface area contributed by atoms with Crippen molar-refractivity contribution in [1.82, 2.24) is 5.16 Å². The van der Waals surface area contributed by atoms with Crippen LogP contribution in [0.2, 0.25) is 0 Å². The summed E-state index contributed by atoms with van der Waals surface area (Å²) in [7, 11) is 0. The van der Waals surface area contributed by atoms with Gasteiger partial charge in [0.15, 0.2) is 5.82 Å². The molecule has 0 aliphatic rings. The van der Waals surface area contributed by atoms with E-state index in [4.69, 9.17) is 5.73 Å². The third-order valence-electron chi connectivity index (χ3n) is 1.07. The van der Waals surface area contributed by atoms with Crippen LogP contribution in [-0.4, -0.2) is 15.5 Å². The smallest absolute Gasteiger partial charge is 0.257 e. The Balaban J connectivity index is 2.65. The quantitative estimate of drug-likeness (QED) is 0.758. The average molecular weight is 186 g/mol. The zero-order valence-electron chi connectivity index (χ0n) is 6.90. The number of hydrogen-bond donors (Lipinski definition) is 1. The molecule has 0 spiro atoms. The normalized spacial score (nSPS) is 10.6. The lowest BCUT2D eigenvalue weighted by Crippen LogP contribution is -1.97. The standard InChI is InChI=1S/C7H10N2O2S/c1-4(2)12-7(10)5-3-6(8)9-11-5/h3-4H,1-2H3,(H2,8,9). The third kappa shape index (κ3) is 2.27. The Morgan fingerprint density at radius 3 is 2.83 bits per heavy atom. The van der Waals surface area contributed by atoms with Gasteiger partial charge in [-0.25, -0.2) is 0 Å². The number of carbonyl (C=O) groups is 1. The summed E-state index contributed by atoms with van der Waals surface area (Å²) in [5, 5.41) is 3.52. The predicted molar refractivity (Wildman–Crippen MR) is 48.0 cm³/mol. The van der Waals surface area contributed by atoms with Crippen LogP contribution in [0.15, 0.2) is 10.6 Å². The number of hydrogen-bond acceptors (Lipinski definition) is 5. The van der Waals surface area contributed by atoms with E-state index in [2.05, 4.69) is 9.68 Å². The van der Waals surface area contributed by atoms with Gasteiger partial charge in [0.25, 0.3) is 5.12 Å². The van der Waals surface area contributed by atoms with Crippen molar-refractivity contribution in [2.75, 3.05) is 5.73 Å². The second kappa shape index (κ2) is 3.62.